The number of hydrogen-bond acceptors (Lipinski definition) is 3. The zero-order valence-electron chi connectivity index (χ0n) is 14.3. The van der Waals surface area contributed by atoms with Crippen molar-refractivity contribution in [2.75, 3.05) is 26.2 Å². The van der Waals surface area contributed by atoms with E-state index < -0.39 is 29.7 Å². The summed E-state index contributed by atoms with van der Waals surface area (Å²) in [6.07, 6.45) is -1.96. The van der Waals surface area contributed by atoms with Crippen LogP contribution in [0.15, 0.2) is 18.2 Å². The first-order chi connectivity index (χ1) is 12.6. The molecule has 150 valence electrons. The van der Waals surface area contributed by atoms with E-state index in [-0.39, 0.29) is 5.56 Å². The van der Waals surface area contributed by atoms with Gasteiger partial charge in [-0.05, 0) is 44.0 Å². The quantitative estimate of drug-likeness (QED) is 0.745. The lowest BCUT2D eigenvalue weighted by molar-refractivity contribution is -0.192. The summed E-state index contributed by atoms with van der Waals surface area (Å²) in [5, 5.41) is 7.12. The summed E-state index contributed by atoms with van der Waals surface area (Å²) in [6, 6.07) is 3.42. The third-order valence-corrected chi connectivity index (χ3v) is 4.49. The van der Waals surface area contributed by atoms with Gasteiger partial charge in [0.1, 0.15) is 11.6 Å². The van der Waals surface area contributed by atoms with Crippen molar-refractivity contribution in [2.45, 2.75) is 31.5 Å². The van der Waals surface area contributed by atoms with Crippen molar-refractivity contribution in [3.63, 3.8) is 0 Å². The fourth-order valence-electron chi connectivity index (χ4n) is 3.22. The van der Waals surface area contributed by atoms with Crippen LogP contribution in [0.4, 0.5) is 22.0 Å². The van der Waals surface area contributed by atoms with E-state index in [0.717, 1.165) is 50.6 Å². The van der Waals surface area contributed by atoms with Crippen LogP contribution in [-0.4, -0.2) is 65.2 Å². The molecule has 5 nitrogen and oxygen atoms in total. The molecule has 0 bridgehead atoms. The number of carbonyl (C=O) groups is 2. The Bertz CT molecular complexity index is 696. The monoisotopic (exact) mass is 394 g/mol. The molecule has 1 N–H and O–H groups in total. The van der Waals surface area contributed by atoms with Crippen molar-refractivity contribution >= 4 is 11.9 Å². The Morgan fingerprint density at radius 2 is 1.70 bits per heavy atom. The second-order valence-corrected chi connectivity index (χ2v) is 6.36. The minimum Gasteiger partial charge on any atom is -0.475 e. The maximum atomic E-state index is 13.7. The predicted octanol–water partition coefficient (Wildman–Crippen LogP) is 2.91. The highest BCUT2D eigenvalue weighted by Gasteiger charge is 2.38. The Labute approximate surface area is 152 Å². The first kappa shape index (κ1) is 21.1. The largest absolute Gasteiger partial charge is 0.490 e. The molecule has 0 saturated carbocycles. The van der Waals surface area contributed by atoms with Crippen molar-refractivity contribution in [1.82, 2.24) is 9.80 Å². The zero-order valence-corrected chi connectivity index (χ0v) is 14.3. The number of benzene rings is 1. The third-order valence-electron chi connectivity index (χ3n) is 4.49. The van der Waals surface area contributed by atoms with Gasteiger partial charge in [-0.25, -0.2) is 13.6 Å². The maximum absolute atomic E-state index is 13.7. The van der Waals surface area contributed by atoms with Gasteiger partial charge < -0.3 is 10.0 Å². The number of halogens is 5. The van der Waals surface area contributed by atoms with E-state index >= 15 is 0 Å². The van der Waals surface area contributed by atoms with Gasteiger partial charge in [-0.3, -0.25) is 9.69 Å². The number of nitrogens with zero attached hydrogens (tertiary/aromatic N) is 2. The van der Waals surface area contributed by atoms with E-state index in [4.69, 9.17) is 9.90 Å². The Hall–Kier alpha value is -2.23. The number of fused-ring (bicyclic) bond motifs is 1. The molecule has 10 heteroatoms. The highest BCUT2D eigenvalue weighted by molar-refractivity contribution is 5.94. The number of alkyl halides is 3. The van der Waals surface area contributed by atoms with Crippen LogP contribution in [0.1, 0.15) is 29.6 Å². The number of hydrogen-bond donors (Lipinski definition) is 1. The van der Waals surface area contributed by atoms with Crippen LogP contribution < -0.4 is 0 Å². The molecule has 1 amide bonds. The van der Waals surface area contributed by atoms with Gasteiger partial charge in [0.25, 0.3) is 5.91 Å². The van der Waals surface area contributed by atoms with Gasteiger partial charge in [0.15, 0.2) is 0 Å². The Morgan fingerprint density at radius 3 is 2.33 bits per heavy atom. The van der Waals surface area contributed by atoms with Crippen molar-refractivity contribution in [3.8, 4) is 0 Å². The number of aliphatic carboxylic acids is 1. The molecule has 3 rings (SSSR count). The van der Waals surface area contributed by atoms with Gasteiger partial charge in [-0.1, -0.05) is 0 Å². The van der Waals surface area contributed by atoms with Gasteiger partial charge in [0.2, 0.25) is 0 Å². The molecule has 1 aromatic carbocycles. The molecule has 0 radical (unpaired) electrons. The van der Waals surface area contributed by atoms with Crippen LogP contribution >= 0.6 is 0 Å². The molecule has 2 fully saturated rings. The summed E-state index contributed by atoms with van der Waals surface area (Å²) in [4.78, 5) is 25.4. The number of carboxylic acid groups (broad SMARTS) is 1. The second-order valence-electron chi connectivity index (χ2n) is 6.36. The van der Waals surface area contributed by atoms with E-state index in [1.165, 1.54) is 0 Å². The number of carboxylic acids is 1. The molecule has 2 heterocycles. The van der Waals surface area contributed by atoms with Crippen LogP contribution in [-0.2, 0) is 4.79 Å². The molecule has 2 saturated heterocycles. The van der Waals surface area contributed by atoms with E-state index in [0.29, 0.717) is 19.1 Å². The number of amides is 1. The Balaban J connectivity index is 0.000000321. The summed E-state index contributed by atoms with van der Waals surface area (Å²) < 4.78 is 58.7. The summed E-state index contributed by atoms with van der Waals surface area (Å²) in [5.74, 6) is -4.38. The average molecular weight is 394 g/mol. The Kier molecular flexibility index (Phi) is 6.74. The van der Waals surface area contributed by atoms with E-state index in [1.807, 2.05) is 0 Å². The maximum Gasteiger partial charge on any atom is 0.490 e. The van der Waals surface area contributed by atoms with Crippen LogP contribution in [0.2, 0.25) is 0 Å². The van der Waals surface area contributed by atoms with Crippen molar-refractivity contribution < 1.29 is 36.6 Å². The smallest absolute Gasteiger partial charge is 0.475 e. The standard InChI is InChI=1S/C15H18F2N2O.C2HF3O2/c16-11-4-5-14(17)13(9-11)15(20)19-8-2-7-18-6-1-3-12(18)10-19;3-2(4,5)1(6)7/h4-5,9,12H,1-3,6-8,10H2;(H,6,7). The molecular weight excluding hydrogens is 375 g/mol. The number of rotatable bonds is 1. The lowest BCUT2D eigenvalue weighted by Crippen LogP contribution is -2.40. The van der Waals surface area contributed by atoms with E-state index in [1.54, 1.807) is 4.90 Å². The zero-order chi connectivity index (χ0) is 20.2. The Morgan fingerprint density at radius 1 is 1.07 bits per heavy atom. The minimum atomic E-state index is -5.08. The molecular formula is C17H19F5N2O3. The fourth-order valence-corrected chi connectivity index (χ4v) is 3.22. The van der Waals surface area contributed by atoms with Crippen molar-refractivity contribution in [2.24, 2.45) is 0 Å². The second kappa shape index (κ2) is 8.64. The third kappa shape index (κ3) is 5.62. The van der Waals surface area contributed by atoms with E-state index in [9.17, 15) is 26.7 Å². The first-order valence-electron chi connectivity index (χ1n) is 8.38. The van der Waals surface area contributed by atoms with Crippen molar-refractivity contribution in [1.29, 1.82) is 0 Å². The molecule has 0 aliphatic carbocycles. The summed E-state index contributed by atoms with van der Waals surface area (Å²) in [5.41, 5.74) is -0.156. The molecule has 1 unspecified atom stereocenters. The molecule has 1 aromatic rings. The van der Waals surface area contributed by atoms with Gasteiger partial charge in [0, 0.05) is 25.7 Å². The normalized spacial score (nSPS) is 20.3. The number of carbonyl (C=O) groups excluding carboxylic acids is 1. The highest BCUT2D eigenvalue weighted by atomic mass is 19.4. The van der Waals surface area contributed by atoms with Crippen LogP contribution in [0, 0.1) is 11.6 Å². The predicted molar refractivity (Wildman–Crippen MR) is 85.2 cm³/mol. The lowest BCUT2D eigenvalue weighted by atomic mass is 10.1. The van der Waals surface area contributed by atoms with Crippen LogP contribution in [0.3, 0.4) is 0 Å². The molecule has 0 aromatic heterocycles. The van der Waals surface area contributed by atoms with Gasteiger partial charge in [-0.15, -0.1) is 0 Å². The molecule has 1 atom stereocenters. The van der Waals surface area contributed by atoms with Crippen molar-refractivity contribution in [3.05, 3.63) is 35.4 Å². The van der Waals surface area contributed by atoms with Crippen LogP contribution in [0.5, 0.6) is 0 Å². The fraction of sp³-hybridized carbons (Fsp3) is 0.529. The minimum absolute atomic E-state index is 0.156. The van der Waals surface area contributed by atoms with E-state index in [2.05, 4.69) is 4.90 Å². The topological polar surface area (TPSA) is 60.9 Å². The average Bonchev–Trinajstić information content (AvgIpc) is 2.93. The van der Waals surface area contributed by atoms with Gasteiger partial charge in [-0.2, -0.15) is 13.2 Å². The molecule has 27 heavy (non-hydrogen) atoms. The SMILES string of the molecule is O=C(O)C(F)(F)F.O=C(c1cc(F)ccc1F)N1CCCN2CCCC2C1. The molecule has 2 aliphatic rings. The molecule has 2 aliphatic heterocycles. The lowest BCUT2D eigenvalue weighted by Gasteiger charge is -2.25. The van der Waals surface area contributed by atoms with Crippen LogP contribution in [0.25, 0.3) is 0 Å². The summed E-state index contributed by atoms with van der Waals surface area (Å²) in [6.45, 7) is 3.30. The van der Waals surface area contributed by atoms with Gasteiger partial charge >= 0.3 is 12.1 Å². The first-order valence-corrected chi connectivity index (χ1v) is 8.38. The summed E-state index contributed by atoms with van der Waals surface area (Å²) in [7, 11) is 0. The highest BCUT2D eigenvalue weighted by Crippen LogP contribution is 2.23. The molecule has 0 spiro atoms. The van der Waals surface area contributed by atoms with Gasteiger partial charge in [0.05, 0.1) is 5.56 Å². The summed E-state index contributed by atoms with van der Waals surface area (Å²) >= 11 is 0.